The van der Waals surface area contributed by atoms with Gasteiger partial charge in [-0.1, -0.05) is 30.3 Å². The molecule has 1 amide bonds. The molecule has 2 atom stereocenters. The average Bonchev–Trinajstić information content (AvgIpc) is 3.23. The van der Waals surface area contributed by atoms with Crippen LogP contribution in [-0.4, -0.2) is 36.7 Å². The van der Waals surface area contributed by atoms with E-state index in [0.717, 1.165) is 36.4 Å². The maximum absolute atomic E-state index is 13.2. The summed E-state index contributed by atoms with van der Waals surface area (Å²) >= 11 is 0. The van der Waals surface area contributed by atoms with Crippen molar-refractivity contribution in [3.8, 4) is 5.75 Å². The molecule has 2 aromatic rings. The van der Waals surface area contributed by atoms with Crippen molar-refractivity contribution in [1.29, 1.82) is 0 Å². The molecule has 0 saturated carbocycles. The molecule has 0 bridgehead atoms. The number of amides is 1. The van der Waals surface area contributed by atoms with Gasteiger partial charge in [-0.3, -0.25) is 4.79 Å². The molecular weight excluding hydrogens is 352 g/mol. The van der Waals surface area contributed by atoms with Crippen LogP contribution in [0.1, 0.15) is 35.7 Å². The topological polar surface area (TPSA) is 50.8 Å². The summed E-state index contributed by atoms with van der Waals surface area (Å²) in [6.07, 6.45) is 4.05. The molecule has 2 aliphatic heterocycles. The van der Waals surface area contributed by atoms with Crippen LogP contribution in [0.4, 0.5) is 5.69 Å². The number of benzene rings is 2. The predicted octanol–water partition coefficient (Wildman–Crippen LogP) is 4.17. The Labute approximate surface area is 165 Å². The Balaban J connectivity index is 1.64. The van der Waals surface area contributed by atoms with E-state index in [2.05, 4.69) is 11.9 Å². The lowest BCUT2D eigenvalue weighted by atomic mass is 9.93. The van der Waals surface area contributed by atoms with Gasteiger partial charge in [-0.15, -0.1) is 6.58 Å². The lowest BCUT2D eigenvalue weighted by molar-refractivity contribution is 0.0570. The zero-order chi connectivity index (χ0) is 19.6. The van der Waals surface area contributed by atoms with Gasteiger partial charge >= 0.3 is 0 Å². The third kappa shape index (κ3) is 3.38. The van der Waals surface area contributed by atoms with Gasteiger partial charge in [0.1, 0.15) is 18.0 Å². The molecule has 1 saturated heterocycles. The van der Waals surface area contributed by atoms with Gasteiger partial charge < -0.3 is 19.7 Å². The molecule has 146 valence electrons. The summed E-state index contributed by atoms with van der Waals surface area (Å²) in [4.78, 5) is 15.0. The van der Waals surface area contributed by atoms with Crippen molar-refractivity contribution in [1.82, 2.24) is 4.90 Å². The number of nitrogens with zero attached hydrogens (tertiary/aromatic N) is 1. The number of ether oxygens (including phenoxy) is 2. The van der Waals surface area contributed by atoms with E-state index in [1.165, 1.54) is 0 Å². The molecule has 2 aromatic carbocycles. The fourth-order valence-electron chi connectivity index (χ4n) is 3.93. The monoisotopic (exact) mass is 378 g/mol. The lowest BCUT2D eigenvalue weighted by Gasteiger charge is -2.46. The van der Waals surface area contributed by atoms with Crippen molar-refractivity contribution in [2.45, 2.75) is 31.5 Å². The highest BCUT2D eigenvalue weighted by Gasteiger charge is 2.42. The highest BCUT2D eigenvalue weighted by Crippen LogP contribution is 2.38. The summed E-state index contributed by atoms with van der Waals surface area (Å²) in [6, 6.07) is 15.5. The second kappa shape index (κ2) is 7.68. The van der Waals surface area contributed by atoms with E-state index >= 15 is 0 Å². The van der Waals surface area contributed by atoms with E-state index in [1.807, 2.05) is 60.4 Å². The third-order valence-corrected chi connectivity index (χ3v) is 5.49. The number of hydrogen-bond donors (Lipinski definition) is 1. The van der Waals surface area contributed by atoms with Crippen molar-refractivity contribution in [2.24, 2.45) is 0 Å². The summed E-state index contributed by atoms with van der Waals surface area (Å²) in [5.74, 6) is 0.767. The number of carbonyl (C=O) groups is 1. The molecule has 0 radical (unpaired) electrons. The van der Waals surface area contributed by atoms with E-state index < -0.39 is 5.66 Å². The van der Waals surface area contributed by atoms with E-state index in [4.69, 9.17) is 9.47 Å². The van der Waals surface area contributed by atoms with Gasteiger partial charge in [0.05, 0.1) is 11.7 Å². The second-order valence-electron chi connectivity index (χ2n) is 7.42. The number of carbonyl (C=O) groups excluding carboxylic acids is 1. The summed E-state index contributed by atoms with van der Waals surface area (Å²) in [5.41, 5.74) is 1.76. The Kier molecular flexibility index (Phi) is 5.09. The van der Waals surface area contributed by atoms with Crippen LogP contribution in [-0.2, 0) is 10.4 Å². The standard InChI is InChI=1S/C23H26N2O3/c1-3-13-25-22(26)20-11-4-5-12-21(20)24-23(25,2)17-8-6-9-18(15-17)28-16-19-10-7-14-27-19/h3-6,8-9,11-12,15,19,24H,1,7,10,13-14,16H2,2H3. The first-order valence-electron chi connectivity index (χ1n) is 9.77. The molecule has 4 rings (SSSR count). The number of fused-ring (bicyclic) bond motifs is 1. The fraction of sp³-hybridized carbons (Fsp3) is 0.348. The van der Waals surface area contributed by atoms with Gasteiger partial charge in [0.2, 0.25) is 0 Å². The molecule has 5 heteroatoms. The minimum atomic E-state index is -0.706. The minimum absolute atomic E-state index is 0.0116. The molecule has 0 aliphatic carbocycles. The Morgan fingerprint density at radius 2 is 2.18 bits per heavy atom. The van der Waals surface area contributed by atoms with Crippen molar-refractivity contribution < 1.29 is 14.3 Å². The molecule has 2 unspecified atom stereocenters. The molecule has 0 aromatic heterocycles. The van der Waals surface area contributed by atoms with Crippen LogP contribution in [0.15, 0.2) is 61.2 Å². The third-order valence-electron chi connectivity index (χ3n) is 5.49. The number of rotatable bonds is 6. The summed E-state index contributed by atoms with van der Waals surface area (Å²) < 4.78 is 11.6. The van der Waals surface area contributed by atoms with Gasteiger partial charge in [-0.05, 0) is 44.0 Å². The Bertz CT molecular complexity index is 876. The quantitative estimate of drug-likeness (QED) is 0.767. The fourth-order valence-corrected chi connectivity index (χ4v) is 3.93. The first kappa shape index (κ1) is 18.6. The van der Waals surface area contributed by atoms with E-state index in [9.17, 15) is 4.79 Å². The summed E-state index contributed by atoms with van der Waals surface area (Å²) in [5, 5.41) is 3.56. The summed E-state index contributed by atoms with van der Waals surface area (Å²) in [6.45, 7) is 7.66. The van der Waals surface area contributed by atoms with Crippen molar-refractivity contribution >= 4 is 11.6 Å². The van der Waals surface area contributed by atoms with Crippen LogP contribution in [0, 0.1) is 0 Å². The van der Waals surface area contributed by atoms with E-state index in [-0.39, 0.29) is 12.0 Å². The van der Waals surface area contributed by atoms with Crippen molar-refractivity contribution in [3.05, 3.63) is 72.3 Å². The smallest absolute Gasteiger partial charge is 0.258 e. The molecule has 2 heterocycles. The maximum Gasteiger partial charge on any atom is 0.258 e. The molecule has 2 aliphatic rings. The van der Waals surface area contributed by atoms with E-state index in [1.54, 1.807) is 6.08 Å². The largest absolute Gasteiger partial charge is 0.491 e. The molecule has 1 fully saturated rings. The minimum Gasteiger partial charge on any atom is -0.491 e. The summed E-state index contributed by atoms with van der Waals surface area (Å²) in [7, 11) is 0. The van der Waals surface area contributed by atoms with Crippen LogP contribution < -0.4 is 10.1 Å². The van der Waals surface area contributed by atoms with Gasteiger partial charge in [-0.25, -0.2) is 0 Å². The normalized spacial score (nSPS) is 23.8. The van der Waals surface area contributed by atoms with Crippen LogP contribution in [0.5, 0.6) is 5.75 Å². The van der Waals surface area contributed by atoms with Crippen LogP contribution in [0.2, 0.25) is 0 Å². The number of anilines is 1. The zero-order valence-corrected chi connectivity index (χ0v) is 16.2. The molecule has 5 nitrogen and oxygen atoms in total. The van der Waals surface area contributed by atoms with E-state index in [0.29, 0.717) is 18.7 Å². The first-order valence-corrected chi connectivity index (χ1v) is 9.77. The molecule has 1 N–H and O–H groups in total. The highest BCUT2D eigenvalue weighted by molar-refractivity contribution is 6.02. The predicted molar refractivity (Wildman–Crippen MR) is 110 cm³/mol. The molecular formula is C23H26N2O3. The van der Waals surface area contributed by atoms with Crippen molar-refractivity contribution in [3.63, 3.8) is 0 Å². The number of para-hydroxylation sites is 1. The van der Waals surface area contributed by atoms with Crippen molar-refractivity contribution in [2.75, 3.05) is 25.1 Å². The Morgan fingerprint density at radius 1 is 1.32 bits per heavy atom. The highest BCUT2D eigenvalue weighted by atomic mass is 16.5. The van der Waals surface area contributed by atoms with Gasteiger partial charge in [0.25, 0.3) is 5.91 Å². The lowest BCUT2D eigenvalue weighted by Crippen LogP contribution is -2.55. The Hall–Kier alpha value is -2.79. The maximum atomic E-state index is 13.2. The SMILES string of the molecule is C=CCN1C(=O)c2ccccc2NC1(C)c1cccc(OCC2CCCO2)c1. The molecule has 0 spiro atoms. The Morgan fingerprint density at radius 3 is 2.96 bits per heavy atom. The molecule has 28 heavy (non-hydrogen) atoms. The average molecular weight is 378 g/mol. The second-order valence-corrected chi connectivity index (χ2v) is 7.42. The van der Waals surface area contributed by atoms with Crippen LogP contribution in [0.25, 0.3) is 0 Å². The van der Waals surface area contributed by atoms with Gasteiger partial charge in [-0.2, -0.15) is 0 Å². The number of hydrogen-bond acceptors (Lipinski definition) is 4. The van der Waals surface area contributed by atoms with Crippen LogP contribution in [0.3, 0.4) is 0 Å². The number of nitrogens with one attached hydrogen (secondary N) is 1. The van der Waals surface area contributed by atoms with Gasteiger partial charge in [0.15, 0.2) is 0 Å². The van der Waals surface area contributed by atoms with Gasteiger partial charge in [0, 0.05) is 24.4 Å². The zero-order valence-electron chi connectivity index (χ0n) is 16.2. The van der Waals surface area contributed by atoms with Crippen LogP contribution >= 0.6 is 0 Å². The first-order chi connectivity index (χ1) is 13.6.